The minimum absolute atomic E-state index is 0.149. The standard InChI is InChI=1S/C11H15N5OS/c1-11(2,3)9-8(18-16-15-9)10(17)13-5-7-4-12-6-14-7/h4,6H,5H2,1-3H3,(H,12,14)(H,13,17). The topological polar surface area (TPSA) is 83.6 Å². The Morgan fingerprint density at radius 3 is 2.89 bits per heavy atom. The summed E-state index contributed by atoms with van der Waals surface area (Å²) in [5, 5.41) is 6.86. The van der Waals surface area contributed by atoms with Crippen molar-refractivity contribution in [3.05, 3.63) is 28.8 Å². The van der Waals surface area contributed by atoms with Crippen LogP contribution in [0.15, 0.2) is 12.5 Å². The van der Waals surface area contributed by atoms with Gasteiger partial charge in [-0.3, -0.25) is 4.79 Å². The fourth-order valence-corrected chi connectivity index (χ4v) is 2.26. The van der Waals surface area contributed by atoms with Crippen LogP contribution in [0.5, 0.6) is 0 Å². The molecule has 2 N–H and O–H groups in total. The van der Waals surface area contributed by atoms with Crippen molar-refractivity contribution in [2.75, 3.05) is 0 Å². The third-order valence-electron chi connectivity index (χ3n) is 2.40. The first-order valence-corrected chi connectivity index (χ1v) is 6.34. The molecule has 7 heteroatoms. The van der Waals surface area contributed by atoms with Crippen molar-refractivity contribution in [2.45, 2.75) is 32.7 Å². The van der Waals surface area contributed by atoms with E-state index in [4.69, 9.17) is 0 Å². The Kier molecular flexibility index (Phi) is 3.42. The smallest absolute Gasteiger partial charge is 0.265 e. The number of rotatable bonds is 3. The molecule has 2 rings (SSSR count). The Hall–Kier alpha value is -1.76. The highest BCUT2D eigenvalue weighted by Crippen LogP contribution is 2.25. The normalized spacial score (nSPS) is 11.5. The number of hydrogen-bond donors (Lipinski definition) is 2. The molecule has 6 nitrogen and oxygen atoms in total. The molecule has 0 fully saturated rings. The van der Waals surface area contributed by atoms with Gasteiger partial charge in [-0.25, -0.2) is 4.98 Å². The number of amides is 1. The Labute approximate surface area is 109 Å². The predicted molar refractivity (Wildman–Crippen MR) is 68.4 cm³/mol. The van der Waals surface area contributed by atoms with Gasteiger partial charge in [-0.15, -0.1) is 5.10 Å². The molecular weight excluding hydrogens is 250 g/mol. The first-order valence-electron chi connectivity index (χ1n) is 5.57. The fourth-order valence-electron chi connectivity index (χ4n) is 1.47. The van der Waals surface area contributed by atoms with Crippen molar-refractivity contribution in [2.24, 2.45) is 0 Å². The zero-order valence-corrected chi connectivity index (χ0v) is 11.3. The van der Waals surface area contributed by atoms with Gasteiger partial charge in [0.2, 0.25) is 0 Å². The minimum atomic E-state index is -0.187. The van der Waals surface area contributed by atoms with E-state index in [1.54, 1.807) is 12.5 Å². The predicted octanol–water partition coefficient (Wildman–Crippen LogP) is 1.49. The Morgan fingerprint density at radius 1 is 1.50 bits per heavy atom. The second-order valence-corrected chi connectivity index (χ2v) is 5.71. The van der Waals surface area contributed by atoms with E-state index in [0.29, 0.717) is 11.4 Å². The molecule has 2 heterocycles. The van der Waals surface area contributed by atoms with E-state index >= 15 is 0 Å². The van der Waals surface area contributed by atoms with Crippen molar-refractivity contribution in [1.29, 1.82) is 0 Å². The molecule has 0 saturated heterocycles. The van der Waals surface area contributed by atoms with Gasteiger partial charge in [-0.1, -0.05) is 25.3 Å². The highest BCUT2D eigenvalue weighted by molar-refractivity contribution is 7.08. The van der Waals surface area contributed by atoms with Gasteiger partial charge in [0.15, 0.2) is 0 Å². The maximum Gasteiger partial charge on any atom is 0.265 e. The summed E-state index contributed by atoms with van der Waals surface area (Å²) in [4.78, 5) is 19.4. The molecule has 0 spiro atoms. The van der Waals surface area contributed by atoms with Crippen LogP contribution in [0.4, 0.5) is 0 Å². The number of H-pyrrole nitrogens is 1. The van der Waals surface area contributed by atoms with E-state index in [2.05, 4.69) is 24.9 Å². The summed E-state index contributed by atoms with van der Waals surface area (Å²) in [6, 6.07) is 0. The third-order valence-corrected chi connectivity index (χ3v) is 3.12. The van der Waals surface area contributed by atoms with Crippen LogP contribution in [0.3, 0.4) is 0 Å². The summed E-state index contributed by atoms with van der Waals surface area (Å²) in [7, 11) is 0. The van der Waals surface area contributed by atoms with E-state index in [1.165, 1.54) is 0 Å². The van der Waals surface area contributed by atoms with E-state index in [-0.39, 0.29) is 11.3 Å². The molecule has 96 valence electrons. The zero-order chi connectivity index (χ0) is 13.2. The van der Waals surface area contributed by atoms with Gasteiger partial charge in [-0.2, -0.15) is 0 Å². The SMILES string of the molecule is CC(C)(C)c1nnsc1C(=O)NCc1cnc[nH]1. The first kappa shape index (κ1) is 12.7. The lowest BCUT2D eigenvalue weighted by atomic mass is 9.91. The number of aromatic nitrogens is 4. The molecule has 0 saturated carbocycles. The van der Waals surface area contributed by atoms with Gasteiger partial charge in [0.1, 0.15) is 4.88 Å². The summed E-state index contributed by atoms with van der Waals surface area (Å²) in [6.07, 6.45) is 3.26. The van der Waals surface area contributed by atoms with Crippen molar-refractivity contribution in [1.82, 2.24) is 24.9 Å². The summed E-state index contributed by atoms with van der Waals surface area (Å²) in [5.74, 6) is -0.149. The van der Waals surface area contributed by atoms with E-state index in [9.17, 15) is 4.79 Å². The molecule has 0 aromatic carbocycles. The Balaban J connectivity index is 2.08. The van der Waals surface area contributed by atoms with Crippen LogP contribution in [-0.4, -0.2) is 25.5 Å². The van der Waals surface area contributed by atoms with Crippen LogP contribution in [0.1, 0.15) is 41.8 Å². The van der Waals surface area contributed by atoms with Crippen LogP contribution in [-0.2, 0) is 12.0 Å². The van der Waals surface area contributed by atoms with Crippen molar-refractivity contribution < 1.29 is 4.79 Å². The number of hydrogen-bond acceptors (Lipinski definition) is 5. The van der Waals surface area contributed by atoms with Crippen LogP contribution >= 0.6 is 11.5 Å². The van der Waals surface area contributed by atoms with Crippen LogP contribution in [0, 0.1) is 0 Å². The summed E-state index contributed by atoms with van der Waals surface area (Å²) >= 11 is 1.12. The van der Waals surface area contributed by atoms with Gasteiger partial charge in [-0.05, 0) is 11.5 Å². The lowest BCUT2D eigenvalue weighted by Gasteiger charge is -2.16. The Morgan fingerprint density at radius 2 is 2.28 bits per heavy atom. The molecule has 1 amide bonds. The summed E-state index contributed by atoms with van der Waals surface area (Å²) in [6.45, 7) is 6.44. The van der Waals surface area contributed by atoms with Gasteiger partial charge >= 0.3 is 0 Å². The zero-order valence-electron chi connectivity index (χ0n) is 10.5. The number of imidazole rings is 1. The largest absolute Gasteiger partial charge is 0.347 e. The van der Waals surface area contributed by atoms with Crippen molar-refractivity contribution in [3.8, 4) is 0 Å². The average Bonchev–Trinajstić information content (AvgIpc) is 2.95. The quantitative estimate of drug-likeness (QED) is 0.880. The maximum atomic E-state index is 12.1. The molecule has 0 aliphatic rings. The molecule has 0 bridgehead atoms. The summed E-state index contributed by atoms with van der Waals surface area (Å²) < 4.78 is 3.87. The molecule has 0 atom stereocenters. The molecule has 0 aliphatic carbocycles. The third kappa shape index (κ3) is 2.73. The second kappa shape index (κ2) is 4.85. The molecule has 0 radical (unpaired) electrons. The average molecular weight is 265 g/mol. The number of carbonyl (C=O) groups is 1. The monoisotopic (exact) mass is 265 g/mol. The second-order valence-electron chi connectivity index (χ2n) is 4.96. The number of carbonyl (C=O) groups excluding carboxylic acids is 1. The van der Waals surface area contributed by atoms with E-state index < -0.39 is 0 Å². The molecule has 2 aromatic rings. The van der Waals surface area contributed by atoms with Crippen molar-refractivity contribution >= 4 is 17.4 Å². The molecule has 18 heavy (non-hydrogen) atoms. The minimum Gasteiger partial charge on any atom is -0.347 e. The van der Waals surface area contributed by atoms with Gasteiger partial charge in [0.25, 0.3) is 5.91 Å². The van der Waals surface area contributed by atoms with Crippen molar-refractivity contribution in [3.63, 3.8) is 0 Å². The van der Waals surface area contributed by atoms with Crippen LogP contribution in [0.25, 0.3) is 0 Å². The van der Waals surface area contributed by atoms with E-state index in [1.807, 2.05) is 20.8 Å². The number of nitrogens with zero attached hydrogens (tertiary/aromatic N) is 3. The number of nitrogens with one attached hydrogen (secondary N) is 2. The van der Waals surface area contributed by atoms with Crippen LogP contribution in [0.2, 0.25) is 0 Å². The maximum absolute atomic E-state index is 12.1. The molecule has 0 unspecified atom stereocenters. The van der Waals surface area contributed by atoms with Gasteiger partial charge in [0.05, 0.1) is 24.3 Å². The highest BCUT2D eigenvalue weighted by Gasteiger charge is 2.26. The highest BCUT2D eigenvalue weighted by atomic mass is 32.1. The fraction of sp³-hybridized carbons (Fsp3) is 0.455. The lowest BCUT2D eigenvalue weighted by Crippen LogP contribution is -2.25. The lowest BCUT2D eigenvalue weighted by molar-refractivity contribution is 0.0952. The first-order chi connectivity index (χ1) is 8.48. The van der Waals surface area contributed by atoms with Gasteiger partial charge < -0.3 is 10.3 Å². The summed E-state index contributed by atoms with van der Waals surface area (Å²) in [5.41, 5.74) is 1.40. The Bertz CT molecular complexity index is 526. The molecule has 2 aromatic heterocycles. The van der Waals surface area contributed by atoms with Crippen LogP contribution < -0.4 is 5.32 Å². The van der Waals surface area contributed by atoms with E-state index in [0.717, 1.165) is 22.9 Å². The van der Waals surface area contributed by atoms with Gasteiger partial charge in [0, 0.05) is 11.6 Å². The number of aromatic amines is 1. The molecular formula is C11H15N5OS. The molecule has 0 aliphatic heterocycles.